The lowest BCUT2D eigenvalue weighted by Crippen LogP contribution is -2.27. The van der Waals surface area contributed by atoms with Crippen molar-refractivity contribution in [3.63, 3.8) is 0 Å². The molecule has 1 saturated heterocycles. The van der Waals surface area contributed by atoms with Crippen molar-refractivity contribution in [3.8, 4) is 11.3 Å². The molecule has 0 radical (unpaired) electrons. The molecule has 7 nitrogen and oxygen atoms in total. The zero-order valence-corrected chi connectivity index (χ0v) is 17.6. The van der Waals surface area contributed by atoms with Gasteiger partial charge in [0.15, 0.2) is 0 Å². The molecule has 1 fully saturated rings. The molecule has 2 amide bonds. The average Bonchev–Trinajstić information content (AvgIpc) is 3.30. The maximum Gasteiger partial charge on any atom is 0.293 e. The van der Waals surface area contributed by atoms with Gasteiger partial charge in [-0.15, -0.1) is 0 Å². The van der Waals surface area contributed by atoms with Gasteiger partial charge in [-0.2, -0.15) is 0 Å². The van der Waals surface area contributed by atoms with Crippen LogP contribution in [0.4, 0.5) is 10.5 Å². The number of imide groups is 1. The molecule has 31 heavy (non-hydrogen) atoms. The molecular weight excluding hydrogens is 416 g/mol. The van der Waals surface area contributed by atoms with Crippen LogP contribution >= 0.6 is 11.8 Å². The Bertz CT molecular complexity index is 1240. The van der Waals surface area contributed by atoms with Crippen molar-refractivity contribution in [1.29, 1.82) is 0 Å². The number of aryl methyl sites for hydroxylation is 2. The lowest BCUT2D eigenvalue weighted by molar-refractivity contribution is -0.384. The molecular formula is C23H18N2O5S. The molecule has 8 heteroatoms. The molecule has 4 rings (SSSR count). The van der Waals surface area contributed by atoms with E-state index in [0.29, 0.717) is 17.1 Å². The predicted molar refractivity (Wildman–Crippen MR) is 118 cm³/mol. The maximum atomic E-state index is 12.8. The number of carbonyl (C=O) groups is 2. The second-order valence-electron chi connectivity index (χ2n) is 7.15. The van der Waals surface area contributed by atoms with E-state index in [2.05, 4.69) is 0 Å². The quantitative estimate of drug-likeness (QED) is 0.290. The Hall–Kier alpha value is -3.65. The SMILES string of the molecule is Cc1ccccc1CN1C(=O)S/C(=C\c2ccc(-c3cc([N+](=O)[O-])ccc3C)o2)C1=O. The van der Waals surface area contributed by atoms with Crippen LogP contribution in [0, 0.1) is 24.0 Å². The van der Waals surface area contributed by atoms with Crippen molar-refractivity contribution < 1.29 is 18.9 Å². The predicted octanol–water partition coefficient (Wildman–Crippen LogP) is 5.71. The summed E-state index contributed by atoms with van der Waals surface area (Å²) in [4.78, 5) is 37.3. The standard InChI is InChI=1S/C23H18N2O5S/c1-14-5-3-4-6-16(14)13-24-22(26)21(31-23(24)27)12-18-9-10-20(30-18)19-11-17(25(28)29)8-7-15(19)2/h3-12H,13H2,1-2H3/b21-12-. The molecule has 2 heterocycles. The monoisotopic (exact) mass is 434 g/mol. The van der Waals surface area contributed by atoms with Gasteiger partial charge >= 0.3 is 0 Å². The summed E-state index contributed by atoms with van der Waals surface area (Å²) < 4.78 is 5.81. The highest BCUT2D eigenvalue weighted by molar-refractivity contribution is 8.18. The second kappa shape index (κ2) is 8.23. The summed E-state index contributed by atoms with van der Waals surface area (Å²) >= 11 is 0.866. The van der Waals surface area contributed by atoms with Crippen LogP contribution in [0.25, 0.3) is 17.4 Å². The highest BCUT2D eigenvalue weighted by Gasteiger charge is 2.35. The van der Waals surface area contributed by atoms with Crippen molar-refractivity contribution in [2.75, 3.05) is 0 Å². The van der Waals surface area contributed by atoms with Gasteiger partial charge in [0, 0.05) is 23.8 Å². The average molecular weight is 434 g/mol. The van der Waals surface area contributed by atoms with E-state index < -0.39 is 4.92 Å². The Morgan fingerprint density at radius 3 is 2.58 bits per heavy atom. The van der Waals surface area contributed by atoms with Crippen molar-refractivity contribution in [2.24, 2.45) is 0 Å². The van der Waals surface area contributed by atoms with Crippen molar-refractivity contribution in [1.82, 2.24) is 4.90 Å². The third kappa shape index (κ3) is 4.15. The first-order valence-corrected chi connectivity index (χ1v) is 10.3. The molecule has 3 aromatic rings. The van der Waals surface area contributed by atoms with Gasteiger partial charge in [0.1, 0.15) is 11.5 Å². The summed E-state index contributed by atoms with van der Waals surface area (Å²) in [6, 6.07) is 15.5. The Morgan fingerprint density at radius 1 is 1.06 bits per heavy atom. The fourth-order valence-corrected chi connectivity index (χ4v) is 4.11. The number of hydrogen-bond acceptors (Lipinski definition) is 6. The summed E-state index contributed by atoms with van der Waals surface area (Å²) in [5.74, 6) is 0.469. The number of hydrogen-bond donors (Lipinski definition) is 0. The molecule has 0 aliphatic carbocycles. The molecule has 0 unspecified atom stereocenters. The smallest absolute Gasteiger partial charge is 0.293 e. The lowest BCUT2D eigenvalue weighted by atomic mass is 10.1. The first kappa shape index (κ1) is 20.6. The minimum Gasteiger partial charge on any atom is -0.457 e. The first-order valence-electron chi connectivity index (χ1n) is 9.48. The fraction of sp³-hybridized carbons (Fsp3) is 0.130. The number of amides is 2. The third-order valence-electron chi connectivity index (χ3n) is 5.06. The first-order chi connectivity index (χ1) is 14.8. The molecule has 0 spiro atoms. The Balaban J connectivity index is 1.58. The van der Waals surface area contributed by atoms with E-state index in [9.17, 15) is 19.7 Å². The summed E-state index contributed by atoms with van der Waals surface area (Å²) in [5.41, 5.74) is 3.31. The topological polar surface area (TPSA) is 93.7 Å². The van der Waals surface area contributed by atoms with Gasteiger partial charge in [-0.25, -0.2) is 0 Å². The number of benzene rings is 2. The van der Waals surface area contributed by atoms with E-state index in [-0.39, 0.29) is 28.3 Å². The van der Waals surface area contributed by atoms with Gasteiger partial charge in [-0.05, 0) is 54.4 Å². The number of carbonyl (C=O) groups excluding carboxylic acids is 2. The molecule has 156 valence electrons. The van der Waals surface area contributed by atoms with Crippen LogP contribution in [0.5, 0.6) is 0 Å². The van der Waals surface area contributed by atoms with Gasteiger partial charge in [-0.3, -0.25) is 24.6 Å². The third-order valence-corrected chi connectivity index (χ3v) is 5.97. The van der Waals surface area contributed by atoms with Crippen molar-refractivity contribution in [3.05, 3.63) is 92.1 Å². The number of thioether (sulfide) groups is 1. The maximum absolute atomic E-state index is 12.8. The molecule has 0 bridgehead atoms. The van der Waals surface area contributed by atoms with E-state index in [4.69, 9.17) is 4.42 Å². The molecule has 0 saturated carbocycles. The molecule has 1 aliphatic rings. The number of nitro benzene ring substituents is 1. The normalized spacial score (nSPS) is 15.2. The van der Waals surface area contributed by atoms with E-state index in [1.54, 1.807) is 18.2 Å². The zero-order chi connectivity index (χ0) is 22.1. The van der Waals surface area contributed by atoms with E-state index >= 15 is 0 Å². The molecule has 2 aromatic carbocycles. The summed E-state index contributed by atoms with van der Waals surface area (Å²) in [6.07, 6.45) is 1.53. The molecule has 1 aromatic heterocycles. The Morgan fingerprint density at radius 2 is 1.84 bits per heavy atom. The zero-order valence-electron chi connectivity index (χ0n) is 16.8. The molecule has 1 aliphatic heterocycles. The van der Waals surface area contributed by atoms with E-state index in [0.717, 1.165) is 28.5 Å². The van der Waals surface area contributed by atoms with Gasteiger partial charge < -0.3 is 4.42 Å². The highest BCUT2D eigenvalue weighted by atomic mass is 32.2. The minimum absolute atomic E-state index is 0.0316. The second-order valence-corrected chi connectivity index (χ2v) is 8.15. The van der Waals surface area contributed by atoms with Gasteiger partial charge in [0.2, 0.25) is 0 Å². The van der Waals surface area contributed by atoms with E-state index in [1.807, 2.05) is 38.1 Å². The summed E-state index contributed by atoms with van der Waals surface area (Å²) in [5, 5.41) is 10.7. The van der Waals surface area contributed by atoms with Crippen LogP contribution < -0.4 is 0 Å². The summed E-state index contributed by atoms with van der Waals surface area (Å²) in [6.45, 7) is 3.98. The van der Waals surface area contributed by atoms with Crippen LogP contribution in [-0.4, -0.2) is 21.0 Å². The highest BCUT2D eigenvalue weighted by Crippen LogP contribution is 2.35. The van der Waals surface area contributed by atoms with Crippen LogP contribution in [0.1, 0.15) is 22.5 Å². The molecule has 0 atom stereocenters. The molecule has 0 N–H and O–H groups in total. The largest absolute Gasteiger partial charge is 0.457 e. The van der Waals surface area contributed by atoms with Gasteiger partial charge in [0.25, 0.3) is 16.8 Å². The minimum atomic E-state index is -0.461. The fourth-order valence-electron chi connectivity index (χ4n) is 3.29. The van der Waals surface area contributed by atoms with Gasteiger partial charge in [-0.1, -0.05) is 30.3 Å². The van der Waals surface area contributed by atoms with Crippen LogP contribution in [-0.2, 0) is 11.3 Å². The van der Waals surface area contributed by atoms with Gasteiger partial charge in [0.05, 0.1) is 16.4 Å². The Kier molecular flexibility index (Phi) is 5.48. The number of non-ortho nitro benzene ring substituents is 1. The summed E-state index contributed by atoms with van der Waals surface area (Å²) in [7, 11) is 0. The van der Waals surface area contributed by atoms with Crippen molar-refractivity contribution >= 4 is 34.7 Å². The Labute approximate surface area is 182 Å². The number of nitrogens with zero attached hydrogens (tertiary/aromatic N) is 2. The van der Waals surface area contributed by atoms with Crippen molar-refractivity contribution in [2.45, 2.75) is 20.4 Å². The number of rotatable bonds is 5. The number of furan rings is 1. The lowest BCUT2D eigenvalue weighted by Gasteiger charge is -2.14. The van der Waals surface area contributed by atoms with Crippen LogP contribution in [0.2, 0.25) is 0 Å². The van der Waals surface area contributed by atoms with Crippen LogP contribution in [0.3, 0.4) is 0 Å². The van der Waals surface area contributed by atoms with E-state index in [1.165, 1.54) is 23.1 Å². The number of nitro groups is 1. The van der Waals surface area contributed by atoms with Crippen LogP contribution in [0.15, 0.2) is 63.9 Å².